The average molecular weight is 435 g/mol. The topological polar surface area (TPSA) is 55.4 Å². The zero-order chi connectivity index (χ0) is 15.5. The smallest absolute Gasteiger partial charge is 0.261 e. The van der Waals surface area contributed by atoms with Gasteiger partial charge in [-0.1, -0.05) is 37.9 Å². The Morgan fingerprint density at radius 1 is 1.10 bits per heavy atom. The van der Waals surface area contributed by atoms with Crippen molar-refractivity contribution in [1.29, 1.82) is 0 Å². The van der Waals surface area contributed by atoms with Gasteiger partial charge in [0.1, 0.15) is 0 Å². The Balaban J connectivity index is 2.37. The highest BCUT2D eigenvalue weighted by atomic mass is 79.9. The van der Waals surface area contributed by atoms with E-state index in [-0.39, 0.29) is 4.90 Å². The van der Waals surface area contributed by atoms with Gasteiger partial charge < -0.3 is 4.74 Å². The molecule has 2 aromatic carbocycles. The molecule has 0 radical (unpaired) electrons. The van der Waals surface area contributed by atoms with Gasteiger partial charge >= 0.3 is 0 Å². The van der Waals surface area contributed by atoms with E-state index in [1.165, 1.54) is 0 Å². The lowest BCUT2D eigenvalue weighted by Crippen LogP contribution is -2.14. The minimum Gasteiger partial charge on any atom is -0.380 e. The van der Waals surface area contributed by atoms with Crippen molar-refractivity contribution >= 4 is 47.6 Å². The molecule has 0 aliphatic carbocycles. The Morgan fingerprint density at radius 3 is 2.38 bits per heavy atom. The lowest BCUT2D eigenvalue weighted by molar-refractivity contribution is 0.185. The molecule has 112 valence electrons. The Bertz CT molecular complexity index is 730. The third kappa shape index (κ3) is 4.06. The highest BCUT2D eigenvalue weighted by Gasteiger charge is 2.17. The molecule has 0 aliphatic heterocycles. The Labute approximate surface area is 140 Å². The monoisotopic (exact) mass is 433 g/mol. The molecule has 0 atom stereocenters. The first-order chi connectivity index (χ1) is 9.94. The molecule has 0 unspecified atom stereocenters. The van der Waals surface area contributed by atoms with E-state index in [1.54, 1.807) is 43.5 Å². The maximum atomic E-state index is 12.4. The van der Waals surface area contributed by atoms with Crippen LogP contribution < -0.4 is 4.72 Å². The summed E-state index contributed by atoms with van der Waals surface area (Å²) in [5.74, 6) is 0. The van der Waals surface area contributed by atoms with Crippen molar-refractivity contribution in [2.45, 2.75) is 11.5 Å². The molecule has 1 N–H and O–H groups in total. The van der Waals surface area contributed by atoms with Crippen LogP contribution in [0.3, 0.4) is 0 Å². The number of benzene rings is 2. The van der Waals surface area contributed by atoms with Crippen molar-refractivity contribution in [2.75, 3.05) is 11.8 Å². The molecule has 7 heteroatoms. The van der Waals surface area contributed by atoms with E-state index in [0.29, 0.717) is 12.3 Å². The molecule has 0 saturated carbocycles. The molecule has 2 rings (SSSR count). The van der Waals surface area contributed by atoms with Gasteiger partial charge in [-0.2, -0.15) is 0 Å². The second-order valence-electron chi connectivity index (χ2n) is 4.26. The highest BCUT2D eigenvalue weighted by Crippen LogP contribution is 2.27. The van der Waals surface area contributed by atoms with Crippen LogP contribution in [0.25, 0.3) is 0 Å². The summed E-state index contributed by atoms with van der Waals surface area (Å²) in [5.41, 5.74) is 1.25. The summed E-state index contributed by atoms with van der Waals surface area (Å²) < 4.78 is 34.1. The molecule has 21 heavy (non-hydrogen) atoms. The van der Waals surface area contributed by atoms with E-state index in [0.717, 1.165) is 14.5 Å². The van der Waals surface area contributed by atoms with Crippen LogP contribution in [0.4, 0.5) is 5.69 Å². The van der Waals surface area contributed by atoms with Crippen LogP contribution in [0.2, 0.25) is 0 Å². The molecule has 0 aliphatic rings. The van der Waals surface area contributed by atoms with Gasteiger partial charge in [-0.05, 0) is 36.4 Å². The molecule has 0 saturated heterocycles. The molecule has 0 heterocycles. The molecule has 0 spiro atoms. The predicted molar refractivity (Wildman–Crippen MR) is 89.8 cm³/mol. The Kier molecular flexibility index (Phi) is 5.43. The summed E-state index contributed by atoms with van der Waals surface area (Å²) >= 11 is 6.68. The minimum atomic E-state index is -3.63. The van der Waals surface area contributed by atoms with Crippen molar-refractivity contribution in [3.63, 3.8) is 0 Å². The highest BCUT2D eigenvalue weighted by molar-refractivity contribution is 9.10. The van der Waals surface area contributed by atoms with Crippen molar-refractivity contribution in [3.8, 4) is 0 Å². The number of nitrogens with one attached hydrogen (secondary N) is 1. The Morgan fingerprint density at radius 2 is 1.76 bits per heavy atom. The van der Waals surface area contributed by atoms with Crippen LogP contribution in [0.15, 0.2) is 56.3 Å². The third-order valence-corrected chi connectivity index (χ3v) is 5.43. The van der Waals surface area contributed by atoms with E-state index in [2.05, 4.69) is 36.6 Å². The number of hydrogen-bond donors (Lipinski definition) is 1. The molecule has 0 amide bonds. The quantitative estimate of drug-likeness (QED) is 0.768. The first-order valence-corrected chi connectivity index (χ1v) is 9.05. The zero-order valence-electron chi connectivity index (χ0n) is 11.1. The minimum absolute atomic E-state index is 0.203. The number of methoxy groups -OCH3 is 1. The summed E-state index contributed by atoms with van der Waals surface area (Å²) in [5, 5.41) is 0. The fourth-order valence-corrected chi connectivity index (χ4v) is 3.60. The number of anilines is 1. The normalized spacial score (nSPS) is 11.4. The van der Waals surface area contributed by atoms with E-state index >= 15 is 0 Å². The van der Waals surface area contributed by atoms with Gasteiger partial charge in [-0.3, -0.25) is 4.72 Å². The molecule has 0 aromatic heterocycles. The molecule has 4 nitrogen and oxygen atoms in total. The maximum Gasteiger partial charge on any atom is 0.261 e. The average Bonchev–Trinajstić information content (AvgIpc) is 2.43. The van der Waals surface area contributed by atoms with Crippen LogP contribution in [0.5, 0.6) is 0 Å². The number of hydrogen-bond acceptors (Lipinski definition) is 3. The fourth-order valence-electron chi connectivity index (χ4n) is 1.76. The second kappa shape index (κ2) is 6.91. The van der Waals surface area contributed by atoms with Crippen LogP contribution in [0.1, 0.15) is 5.56 Å². The van der Waals surface area contributed by atoms with Crippen LogP contribution in [0, 0.1) is 0 Å². The predicted octanol–water partition coefficient (Wildman–Crippen LogP) is 4.16. The van der Waals surface area contributed by atoms with Crippen LogP contribution in [-0.2, 0) is 21.4 Å². The molecular formula is C14H13Br2NO3S. The summed E-state index contributed by atoms with van der Waals surface area (Å²) in [6, 6.07) is 11.8. The standard InChI is InChI=1S/C14H13Br2NO3S/c1-20-9-12-13(16)3-2-4-14(12)17-21(18,19)11-7-5-10(15)6-8-11/h2-8,17H,9H2,1H3. The van der Waals surface area contributed by atoms with Crippen molar-refractivity contribution in [3.05, 3.63) is 57.0 Å². The van der Waals surface area contributed by atoms with Crippen molar-refractivity contribution < 1.29 is 13.2 Å². The third-order valence-electron chi connectivity index (χ3n) is 2.78. The summed E-state index contributed by atoms with van der Waals surface area (Å²) in [6.07, 6.45) is 0. The molecule has 0 fully saturated rings. The maximum absolute atomic E-state index is 12.4. The van der Waals surface area contributed by atoms with Crippen molar-refractivity contribution in [2.24, 2.45) is 0 Å². The summed E-state index contributed by atoms with van der Waals surface area (Å²) in [7, 11) is -2.07. The first-order valence-electron chi connectivity index (χ1n) is 5.99. The summed E-state index contributed by atoms with van der Waals surface area (Å²) in [4.78, 5) is 0.203. The van der Waals surface area contributed by atoms with Gasteiger partial charge in [0, 0.05) is 21.6 Å². The number of halogens is 2. The summed E-state index contributed by atoms with van der Waals surface area (Å²) in [6.45, 7) is 0.305. The van der Waals surface area contributed by atoms with Gasteiger partial charge in [0.05, 0.1) is 17.2 Å². The lowest BCUT2D eigenvalue weighted by Gasteiger charge is -2.13. The molecule has 2 aromatic rings. The number of ether oxygens (including phenoxy) is 1. The number of rotatable bonds is 5. The Hall–Kier alpha value is -0.890. The second-order valence-corrected chi connectivity index (χ2v) is 7.71. The van der Waals surface area contributed by atoms with Gasteiger partial charge in [-0.15, -0.1) is 0 Å². The first kappa shape index (κ1) is 16.5. The SMILES string of the molecule is COCc1c(Br)cccc1NS(=O)(=O)c1ccc(Br)cc1. The van der Waals surface area contributed by atoms with E-state index in [1.807, 2.05) is 6.07 Å². The van der Waals surface area contributed by atoms with Crippen molar-refractivity contribution in [1.82, 2.24) is 0 Å². The van der Waals surface area contributed by atoms with Gasteiger partial charge in [0.15, 0.2) is 0 Å². The van der Waals surface area contributed by atoms with Gasteiger partial charge in [0.25, 0.3) is 10.0 Å². The van der Waals surface area contributed by atoms with Gasteiger partial charge in [-0.25, -0.2) is 8.42 Å². The molecular weight excluding hydrogens is 422 g/mol. The van der Waals surface area contributed by atoms with Gasteiger partial charge in [0.2, 0.25) is 0 Å². The molecule has 0 bridgehead atoms. The number of sulfonamides is 1. The zero-order valence-corrected chi connectivity index (χ0v) is 15.1. The van der Waals surface area contributed by atoms with E-state index < -0.39 is 10.0 Å². The largest absolute Gasteiger partial charge is 0.380 e. The van der Waals surface area contributed by atoms with E-state index in [4.69, 9.17) is 4.74 Å². The van der Waals surface area contributed by atoms with E-state index in [9.17, 15) is 8.42 Å². The lowest BCUT2D eigenvalue weighted by atomic mass is 10.2. The fraction of sp³-hybridized carbons (Fsp3) is 0.143. The van der Waals surface area contributed by atoms with Crippen LogP contribution in [-0.4, -0.2) is 15.5 Å². The van der Waals surface area contributed by atoms with Crippen LogP contribution >= 0.6 is 31.9 Å².